The van der Waals surface area contributed by atoms with Crippen LogP contribution in [-0.2, 0) is 0 Å². The molecule has 0 aliphatic carbocycles. The van der Waals surface area contributed by atoms with Crippen LogP contribution in [0.1, 0.15) is 17.3 Å². The molecule has 0 unspecified atom stereocenters. The molecule has 24 heavy (non-hydrogen) atoms. The number of amides is 3. The van der Waals surface area contributed by atoms with Gasteiger partial charge in [0.2, 0.25) is 0 Å². The Balaban J connectivity index is 2.18. The van der Waals surface area contributed by atoms with Crippen molar-refractivity contribution in [2.24, 2.45) is 0 Å². The van der Waals surface area contributed by atoms with Gasteiger partial charge in [-0.05, 0) is 43.3 Å². The van der Waals surface area contributed by atoms with E-state index < -0.39 is 6.03 Å². The fourth-order valence-electron chi connectivity index (χ4n) is 1.98. The normalized spacial score (nSPS) is 10.2. The SMILES string of the molecule is CCNC(=O)c1ccc(Br)cc1NC(=O)Nc1cc(Br)cc(Br)c1. The number of rotatable bonds is 4. The average molecular weight is 520 g/mol. The molecule has 3 amide bonds. The molecule has 0 atom stereocenters. The molecule has 0 saturated carbocycles. The molecule has 3 N–H and O–H groups in total. The van der Waals surface area contributed by atoms with Crippen LogP contribution in [0.4, 0.5) is 16.2 Å². The van der Waals surface area contributed by atoms with E-state index in [1.165, 1.54) is 0 Å². The summed E-state index contributed by atoms with van der Waals surface area (Å²) in [6.07, 6.45) is 0. The van der Waals surface area contributed by atoms with Crippen LogP contribution >= 0.6 is 47.8 Å². The summed E-state index contributed by atoms with van der Waals surface area (Å²) in [7, 11) is 0. The second-order valence-electron chi connectivity index (χ2n) is 4.79. The highest BCUT2D eigenvalue weighted by atomic mass is 79.9. The largest absolute Gasteiger partial charge is 0.352 e. The van der Waals surface area contributed by atoms with Crippen molar-refractivity contribution >= 4 is 71.1 Å². The first kappa shape index (κ1) is 19.0. The van der Waals surface area contributed by atoms with E-state index in [1.807, 2.05) is 13.0 Å². The van der Waals surface area contributed by atoms with Crippen LogP contribution in [0, 0.1) is 0 Å². The van der Waals surface area contributed by atoms with Crippen molar-refractivity contribution in [3.8, 4) is 0 Å². The van der Waals surface area contributed by atoms with E-state index in [2.05, 4.69) is 63.7 Å². The monoisotopic (exact) mass is 517 g/mol. The first-order valence-electron chi connectivity index (χ1n) is 7.01. The Labute approximate surface area is 165 Å². The lowest BCUT2D eigenvalue weighted by atomic mass is 10.1. The van der Waals surface area contributed by atoms with Gasteiger partial charge in [-0.1, -0.05) is 47.8 Å². The maximum absolute atomic E-state index is 12.2. The summed E-state index contributed by atoms with van der Waals surface area (Å²) in [5.41, 5.74) is 1.43. The molecule has 0 aliphatic heterocycles. The smallest absolute Gasteiger partial charge is 0.323 e. The van der Waals surface area contributed by atoms with Gasteiger partial charge in [-0.2, -0.15) is 0 Å². The molecule has 5 nitrogen and oxygen atoms in total. The van der Waals surface area contributed by atoms with E-state index in [9.17, 15) is 9.59 Å². The quantitative estimate of drug-likeness (QED) is 0.508. The lowest BCUT2D eigenvalue weighted by molar-refractivity contribution is 0.0956. The fraction of sp³-hybridized carbons (Fsp3) is 0.125. The Kier molecular flexibility index (Phi) is 6.82. The number of hydrogen-bond donors (Lipinski definition) is 3. The minimum Gasteiger partial charge on any atom is -0.352 e. The van der Waals surface area contributed by atoms with Crippen LogP contribution < -0.4 is 16.0 Å². The van der Waals surface area contributed by atoms with Gasteiger partial charge in [0.25, 0.3) is 5.91 Å². The maximum Gasteiger partial charge on any atom is 0.323 e. The lowest BCUT2D eigenvalue weighted by Gasteiger charge is -2.13. The van der Waals surface area contributed by atoms with E-state index in [0.29, 0.717) is 23.5 Å². The van der Waals surface area contributed by atoms with Crippen LogP contribution in [0.3, 0.4) is 0 Å². The van der Waals surface area contributed by atoms with Gasteiger partial charge in [-0.25, -0.2) is 4.79 Å². The highest BCUT2D eigenvalue weighted by Gasteiger charge is 2.14. The predicted molar refractivity (Wildman–Crippen MR) is 107 cm³/mol. The van der Waals surface area contributed by atoms with E-state index in [-0.39, 0.29) is 5.91 Å². The summed E-state index contributed by atoms with van der Waals surface area (Å²) in [6.45, 7) is 2.34. The first-order chi connectivity index (χ1) is 11.4. The number of halogens is 3. The van der Waals surface area contributed by atoms with Crippen LogP contribution in [0.2, 0.25) is 0 Å². The van der Waals surface area contributed by atoms with Crippen molar-refractivity contribution in [1.29, 1.82) is 0 Å². The minimum atomic E-state index is -0.441. The number of hydrogen-bond acceptors (Lipinski definition) is 2. The van der Waals surface area contributed by atoms with Crippen molar-refractivity contribution in [1.82, 2.24) is 5.32 Å². The van der Waals surface area contributed by atoms with Gasteiger partial charge in [0, 0.05) is 25.7 Å². The number of carbonyl (C=O) groups excluding carboxylic acids is 2. The Hall–Kier alpha value is -1.38. The Morgan fingerprint density at radius 2 is 1.58 bits per heavy atom. The third-order valence-corrected chi connectivity index (χ3v) is 4.34. The van der Waals surface area contributed by atoms with Crippen molar-refractivity contribution in [2.45, 2.75) is 6.92 Å². The molecule has 0 spiro atoms. The third kappa shape index (κ3) is 5.32. The molecular weight excluding hydrogens is 506 g/mol. The van der Waals surface area contributed by atoms with Gasteiger partial charge in [-0.15, -0.1) is 0 Å². The molecule has 0 aromatic heterocycles. The predicted octanol–water partition coefficient (Wildman–Crippen LogP) is 5.37. The molecule has 0 heterocycles. The van der Waals surface area contributed by atoms with E-state index in [0.717, 1.165) is 13.4 Å². The number of anilines is 2. The zero-order valence-electron chi connectivity index (χ0n) is 12.6. The molecule has 2 aromatic carbocycles. The molecule has 2 rings (SSSR count). The van der Waals surface area contributed by atoms with Crippen LogP contribution in [-0.4, -0.2) is 18.5 Å². The molecule has 0 saturated heterocycles. The summed E-state index contributed by atoms with van der Waals surface area (Å²) in [6, 6.07) is 10.1. The second-order valence-corrected chi connectivity index (χ2v) is 7.53. The molecule has 0 radical (unpaired) electrons. The van der Waals surface area contributed by atoms with Gasteiger partial charge in [0.15, 0.2) is 0 Å². The van der Waals surface area contributed by atoms with Crippen LogP contribution in [0.15, 0.2) is 49.8 Å². The van der Waals surface area contributed by atoms with Crippen LogP contribution in [0.5, 0.6) is 0 Å². The van der Waals surface area contributed by atoms with Gasteiger partial charge in [-0.3, -0.25) is 4.79 Å². The summed E-state index contributed by atoms with van der Waals surface area (Å²) in [5, 5.41) is 8.16. The van der Waals surface area contributed by atoms with Crippen molar-refractivity contribution < 1.29 is 9.59 Å². The zero-order chi connectivity index (χ0) is 17.7. The van der Waals surface area contributed by atoms with Crippen LogP contribution in [0.25, 0.3) is 0 Å². The molecule has 2 aromatic rings. The van der Waals surface area contributed by atoms with Gasteiger partial charge in [0.05, 0.1) is 11.3 Å². The molecule has 126 valence electrons. The summed E-state index contributed by atoms with van der Waals surface area (Å²) < 4.78 is 2.42. The van der Waals surface area contributed by atoms with E-state index >= 15 is 0 Å². The summed E-state index contributed by atoms with van der Waals surface area (Å²) in [5.74, 6) is -0.245. The molecule has 0 aliphatic rings. The number of carbonyl (C=O) groups is 2. The highest BCUT2D eigenvalue weighted by molar-refractivity contribution is 9.11. The summed E-state index contributed by atoms with van der Waals surface area (Å²) >= 11 is 10.1. The first-order valence-corrected chi connectivity index (χ1v) is 9.38. The number of benzene rings is 2. The van der Waals surface area contributed by atoms with Crippen molar-refractivity contribution in [2.75, 3.05) is 17.2 Å². The maximum atomic E-state index is 12.2. The summed E-state index contributed by atoms with van der Waals surface area (Å²) in [4.78, 5) is 24.3. The lowest BCUT2D eigenvalue weighted by Crippen LogP contribution is -2.26. The minimum absolute atomic E-state index is 0.245. The van der Waals surface area contributed by atoms with Gasteiger partial charge < -0.3 is 16.0 Å². The number of urea groups is 1. The van der Waals surface area contributed by atoms with Crippen molar-refractivity contribution in [3.05, 3.63) is 55.4 Å². The average Bonchev–Trinajstić information content (AvgIpc) is 2.46. The Bertz CT molecular complexity index is 761. The van der Waals surface area contributed by atoms with Gasteiger partial charge >= 0.3 is 6.03 Å². The molecule has 0 bridgehead atoms. The second kappa shape index (κ2) is 8.64. The zero-order valence-corrected chi connectivity index (χ0v) is 17.4. The fourth-order valence-corrected chi connectivity index (χ4v) is 3.64. The number of nitrogens with one attached hydrogen (secondary N) is 3. The highest BCUT2D eigenvalue weighted by Crippen LogP contribution is 2.25. The standard InChI is InChI=1S/C16H14Br3N3O2/c1-2-20-15(23)13-4-3-9(17)8-14(13)22-16(24)21-12-6-10(18)5-11(19)7-12/h3-8H,2H2,1H3,(H,20,23)(H2,21,22,24). The Morgan fingerprint density at radius 3 is 2.21 bits per heavy atom. The molecular formula is C16H14Br3N3O2. The van der Waals surface area contributed by atoms with E-state index in [4.69, 9.17) is 0 Å². The molecule has 8 heteroatoms. The molecule has 0 fully saturated rings. The topological polar surface area (TPSA) is 70.2 Å². The third-order valence-electron chi connectivity index (χ3n) is 2.93. The van der Waals surface area contributed by atoms with E-state index in [1.54, 1.807) is 30.3 Å². The Morgan fingerprint density at radius 1 is 0.917 bits per heavy atom. The van der Waals surface area contributed by atoms with Crippen molar-refractivity contribution in [3.63, 3.8) is 0 Å². The van der Waals surface area contributed by atoms with Gasteiger partial charge in [0.1, 0.15) is 0 Å².